The highest BCUT2D eigenvalue weighted by molar-refractivity contribution is 6.33. The van der Waals surface area contributed by atoms with Gasteiger partial charge in [-0.2, -0.15) is 13.2 Å². The van der Waals surface area contributed by atoms with Gasteiger partial charge in [-0.15, -0.1) is 0 Å². The number of carbonyl (C=O) groups is 2. The summed E-state index contributed by atoms with van der Waals surface area (Å²) in [7, 11) is 0. The minimum Gasteiger partial charge on any atom is -0.360 e. The Morgan fingerprint density at radius 1 is 0.951 bits per heavy atom. The number of halogens is 4. The fraction of sp³-hybridized carbons (Fsp3) is 0.387. The third-order valence-corrected chi connectivity index (χ3v) is 8.51. The summed E-state index contributed by atoms with van der Waals surface area (Å²) >= 11 is 6.36. The molecule has 2 amide bonds. The van der Waals surface area contributed by atoms with Crippen LogP contribution >= 0.6 is 11.6 Å². The Bertz CT molecular complexity index is 1440. The van der Waals surface area contributed by atoms with Gasteiger partial charge >= 0.3 is 6.18 Å². The van der Waals surface area contributed by atoms with E-state index in [1.54, 1.807) is 24.0 Å². The molecule has 2 aliphatic heterocycles. The molecule has 1 aromatic heterocycles. The van der Waals surface area contributed by atoms with Crippen LogP contribution in [0.15, 0.2) is 59.1 Å². The fourth-order valence-electron chi connectivity index (χ4n) is 5.88. The van der Waals surface area contributed by atoms with Crippen LogP contribution < -0.4 is 0 Å². The van der Waals surface area contributed by atoms with Crippen LogP contribution in [0, 0.1) is 18.8 Å². The number of alkyl halides is 3. The third-order valence-electron chi connectivity index (χ3n) is 8.18. The number of amides is 2. The first-order valence-corrected chi connectivity index (χ1v) is 14.1. The molecule has 0 spiro atoms. The first kappa shape index (κ1) is 28.9. The van der Waals surface area contributed by atoms with Gasteiger partial charge in [0.1, 0.15) is 17.0 Å². The van der Waals surface area contributed by atoms with Crippen molar-refractivity contribution in [2.24, 2.45) is 11.8 Å². The molecular weight excluding hydrogens is 555 g/mol. The molecule has 2 aliphatic rings. The van der Waals surface area contributed by atoms with Crippen LogP contribution in [-0.2, 0) is 11.0 Å². The van der Waals surface area contributed by atoms with Gasteiger partial charge in [0.15, 0.2) is 0 Å². The van der Waals surface area contributed by atoms with E-state index in [1.807, 2.05) is 23.1 Å². The Kier molecular flexibility index (Phi) is 8.54. The van der Waals surface area contributed by atoms with Crippen molar-refractivity contribution < 1.29 is 27.3 Å². The van der Waals surface area contributed by atoms with Crippen molar-refractivity contribution in [3.8, 4) is 11.3 Å². The molecule has 2 fully saturated rings. The Labute approximate surface area is 241 Å². The molecule has 0 saturated carbocycles. The summed E-state index contributed by atoms with van der Waals surface area (Å²) in [6.07, 6.45) is 1.85. The number of piperidine rings is 2. The Hall–Kier alpha value is -3.59. The predicted octanol–water partition coefficient (Wildman–Crippen LogP) is 7.13. The molecule has 0 bridgehead atoms. The average molecular weight is 586 g/mol. The molecule has 0 unspecified atom stereocenters. The second-order valence-corrected chi connectivity index (χ2v) is 11.1. The summed E-state index contributed by atoms with van der Waals surface area (Å²) in [4.78, 5) is 29.8. The van der Waals surface area contributed by atoms with E-state index in [0.29, 0.717) is 71.2 Å². The number of benzene rings is 2. The zero-order chi connectivity index (χ0) is 29.1. The summed E-state index contributed by atoms with van der Waals surface area (Å²) in [5, 5.41) is 4.63. The quantitative estimate of drug-likeness (QED) is 0.299. The minimum absolute atomic E-state index is 0.106. The van der Waals surface area contributed by atoms with Crippen LogP contribution in [0.3, 0.4) is 0 Å². The molecular formula is C31H31ClF3N3O3. The van der Waals surface area contributed by atoms with Gasteiger partial charge in [0.25, 0.3) is 5.91 Å². The largest absolute Gasteiger partial charge is 0.416 e. The molecule has 10 heteroatoms. The molecule has 0 aliphatic carbocycles. The van der Waals surface area contributed by atoms with E-state index < -0.39 is 11.7 Å². The van der Waals surface area contributed by atoms with Crippen molar-refractivity contribution in [2.75, 3.05) is 26.2 Å². The van der Waals surface area contributed by atoms with E-state index in [2.05, 4.69) is 5.16 Å². The Morgan fingerprint density at radius 3 is 2.22 bits per heavy atom. The minimum atomic E-state index is -4.42. The Balaban J connectivity index is 1.13. The zero-order valence-corrected chi connectivity index (χ0v) is 23.4. The summed E-state index contributed by atoms with van der Waals surface area (Å²) in [5.74, 6) is 1.08. The monoisotopic (exact) mass is 585 g/mol. The average Bonchev–Trinajstić information content (AvgIpc) is 3.36. The lowest BCUT2D eigenvalue weighted by atomic mass is 9.78. The fourth-order valence-corrected chi connectivity index (χ4v) is 6.10. The smallest absolute Gasteiger partial charge is 0.360 e. The molecule has 0 radical (unpaired) electrons. The molecule has 216 valence electrons. The van der Waals surface area contributed by atoms with E-state index in [9.17, 15) is 22.8 Å². The molecule has 5 rings (SSSR count). The molecule has 3 heterocycles. The van der Waals surface area contributed by atoms with Gasteiger partial charge in [0, 0.05) is 37.8 Å². The standard InChI is InChI=1S/C31H31ClF3N3O3/c1-20-28(29(36-41-20)25-7-2-3-8-26(25)32)30(40)38-17-13-23(14-18-38)22-11-15-37(16-12-22)27(39)10-9-21-5-4-6-24(19-21)31(33,34)35/h2-10,19,22-23H,11-18H2,1H3/b10-9+. The van der Waals surface area contributed by atoms with Crippen molar-refractivity contribution in [3.63, 3.8) is 0 Å². The van der Waals surface area contributed by atoms with Gasteiger partial charge in [-0.05, 0) is 74.3 Å². The number of aryl methyl sites for hydroxylation is 1. The van der Waals surface area contributed by atoms with Crippen LogP contribution in [0.25, 0.3) is 17.3 Å². The van der Waals surface area contributed by atoms with Crippen molar-refractivity contribution in [3.05, 3.63) is 82.1 Å². The lowest BCUT2D eigenvalue weighted by molar-refractivity contribution is -0.137. The highest BCUT2D eigenvalue weighted by atomic mass is 35.5. The van der Waals surface area contributed by atoms with E-state index in [-0.39, 0.29) is 11.8 Å². The number of hydrogen-bond acceptors (Lipinski definition) is 4. The first-order valence-electron chi connectivity index (χ1n) is 13.8. The molecule has 3 aromatic rings. The van der Waals surface area contributed by atoms with Gasteiger partial charge in [-0.25, -0.2) is 0 Å². The molecule has 6 nitrogen and oxygen atoms in total. The van der Waals surface area contributed by atoms with Crippen molar-refractivity contribution in [1.82, 2.24) is 15.0 Å². The normalized spacial score (nSPS) is 17.4. The summed E-state index contributed by atoms with van der Waals surface area (Å²) in [5.41, 5.74) is 1.17. The topological polar surface area (TPSA) is 66.7 Å². The molecule has 2 saturated heterocycles. The molecule has 0 atom stereocenters. The van der Waals surface area contributed by atoms with E-state index in [0.717, 1.165) is 37.8 Å². The number of rotatable bonds is 5. The van der Waals surface area contributed by atoms with Crippen LogP contribution in [0.4, 0.5) is 13.2 Å². The third kappa shape index (κ3) is 6.50. The lowest BCUT2D eigenvalue weighted by Gasteiger charge is -2.40. The van der Waals surface area contributed by atoms with Crippen LogP contribution in [0.2, 0.25) is 5.02 Å². The SMILES string of the molecule is Cc1onc(-c2ccccc2Cl)c1C(=O)N1CCC(C2CCN(C(=O)/C=C/c3cccc(C(F)(F)F)c3)CC2)CC1. The highest BCUT2D eigenvalue weighted by Gasteiger charge is 2.34. The number of hydrogen-bond donors (Lipinski definition) is 0. The van der Waals surface area contributed by atoms with Gasteiger partial charge in [-0.3, -0.25) is 9.59 Å². The number of aromatic nitrogens is 1. The van der Waals surface area contributed by atoms with E-state index in [1.165, 1.54) is 18.2 Å². The van der Waals surface area contributed by atoms with Crippen molar-refractivity contribution in [2.45, 2.75) is 38.8 Å². The van der Waals surface area contributed by atoms with Gasteiger partial charge in [0.2, 0.25) is 5.91 Å². The maximum Gasteiger partial charge on any atom is 0.416 e. The number of nitrogens with zero attached hydrogens (tertiary/aromatic N) is 3. The van der Waals surface area contributed by atoms with E-state index in [4.69, 9.17) is 16.1 Å². The maximum absolute atomic E-state index is 13.5. The van der Waals surface area contributed by atoms with Gasteiger partial charge in [0.05, 0.1) is 10.6 Å². The van der Waals surface area contributed by atoms with Gasteiger partial charge < -0.3 is 14.3 Å². The van der Waals surface area contributed by atoms with Crippen molar-refractivity contribution in [1.29, 1.82) is 0 Å². The summed E-state index contributed by atoms with van der Waals surface area (Å²) in [6, 6.07) is 12.2. The maximum atomic E-state index is 13.5. The van der Waals surface area contributed by atoms with Crippen LogP contribution in [-0.4, -0.2) is 52.9 Å². The Morgan fingerprint density at radius 2 is 1.59 bits per heavy atom. The lowest BCUT2D eigenvalue weighted by Crippen LogP contribution is -2.43. The number of carbonyl (C=O) groups excluding carboxylic acids is 2. The summed E-state index contributed by atoms with van der Waals surface area (Å²) in [6.45, 7) is 4.22. The van der Waals surface area contributed by atoms with Gasteiger partial charge in [-0.1, -0.05) is 47.1 Å². The number of likely N-dealkylation sites (tertiary alicyclic amines) is 2. The second kappa shape index (κ2) is 12.1. The highest BCUT2D eigenvalue weighted by Crippen LogP contribution is 2.36. The van der Waals surface area contributed by atoms with Crippen LogP contribution in [0.1, 0.15) is 52.9 Å². The van der Waals surface area contributed by atoms with E-state index >= 15 is 0 Å². The van der Waals surface area contributed by atoms with Crippen LogP contribution in [0.5, 0.6) is 0 Å². The predicted molar refractivity (Wildman–Crippen MR) is 150 cm³/mol. The molecule has 2 aromatic carbocycles. The summed E-state index contributed by atoms with van der Waals surface area (Å²) < 4.78 is 44.2. The molecule has 0 N–H and O–H groups in total. The zero-order valence-electron chi connectivity index (χ0n) is 22.7. The van der Waals surface area contributed by atoms with Crippen molar-refractivity contribution >= 4 is 29.5 Å². The molecule has 41 heavy (non-hydrogen) atoms. The second-order valence-electron chi connectivity index (χ2n) is 10.7. The first-order chi connectivity index (χ1) is 19.6.